The van der Waals surface area contributed by atoms with Gasteiger partial charge in [0.05, 0.1) is 10.2 Å². The predicted octanol–water partition coefficient (Wildman–Crippen LogP) is 4.41. The molecule has 0 aliphatic carbocycles. The molecule has 0 saturated carbocycles. The van der Waals surface area contributed by atoms with Gasteiger partial charge in [0, 0.05) is 37.2 Å². The average Bonchev–Trinajstić information content (AvgIpc) is 3.33. The molecule has 2 aliphatic rings. The minimum atomic E-state index is 0. The molecule has 2 N–H and O–H groups in total. The number of nitrogen functional groups attached to an aromatic ring is 1. The molecule has 3 aromatic rings. The smallest absolute Gasteiger partial charge is 0.253 e. The first-order valence-electron chi connectivity index (χ1n) is 9.72. The highest BCUT2D eigenvalue weighted by Gasteiger charge is 2.47. The van der Waals surface area contributed by atoms with Crippen LogP contribution in [-0.4, -0.2) is 47.4 Å². The molecule has 2 aliphatic heterocycles. The van der Waals surface area contributed by atoms with Gasteiger partial charge in [0.1, 0.15) is 0 Å². The Kier molecular flexibility index (Phi) is 6.63. The number of hydrogen-bond acceptors (Lipinski definition) is 5. The van der Waals surface area contributed by atoms with Gasteiger partial charge in [-0.15, -0.1) is 24.8 Å². The summed E-state index contributed by atoms with van der Waals surface area (Å²) in [5.74, 6) is 1.14. The van der Waals surface area contributed by atoms with E-state index in [1.165, 1.54) is 16.9 Å². The van der Waals surface area contributed by atoms with E-state index in [4.69, 9.17) is 5.73 Å². The SMILES string of the molecule is Cc1cc(C(=O)N2C[C@@H]3CN(C)[C@@H](c4ccccc4)[C@@H]3C2)cc2sc(N)nc12.Cl.Cl. The summed E-state index contributed by atoms with van der Waals surface area (Å²) in [5, 5.41) is 0.548. The Bertz CT molecular complexity index is 1060. The fourth-order valence-electron chi connectivity index (χ4n) is 5.10. The van der Waals surface area contributed by atoms with E-state index in [1.807, 2.05) is 24.0 Å². The van der Waals surface area contributed by atoms with Gasteiger partial charge in [0.25, 0.3) is 5.91 Å². The van der Waals surface area contributed by atoms with Crippen molar-refractivity contribution in [3.63, 3.8) is 0 Å². The lowest BCUT2D eigenvalue weighted by Crippen LogP contribution is -2.33. The molecule has 2 saturated heterocycles. The number of anilines is 1. The Hall–Kier alpha value is -1.86. The number of likely N-dealkylation sites (tertiary alicyclic amines) is 2. The quantitative estimate of drug-likeness (QED) is 0.609. The fourth-order valence-corrected chi connectivity index (χ4v) is 5.95. The predicted molar refractivity (Wildman–Crippen MR) is 128 cm³/mol. The van der Waals surface area contributed by atoms with Crippen molar-refractivity contribution in [1.82, 2.24) is 14.8 Å². The van der Waals surface area contributed by atoms with Crippen LogP contribution in [-0.2, 0) is 0 Å². The minimum Gasteiger partial charge on any atom is -0.375 e. The van der Waals surface area contributed by atoms with Crippen molar-refractivity contribution in [2.45, 2.75) is 13.0 Å². The van der Waals surface area contributed by atoms with Gasteiger partial charge in [-0.25, -0.2) is 4.98 Å². The molecule has 160 valence electrons. The van der Waals surface area contributed by atoms with Crippen LogP contribution in [0.25, 0.3) is 10.2 Å². The van der Waals surface area contributed by atoms with Gasteiger partial charge in [-0.3, -0.25) is 9.69 Å². The molecule has 1 amide bonds. The summed E-state index contributed by atoms with van der Waals surface area (Å²) in [7, 11) is 2.20. The maximum Gasteiger partial charge on any atom is 0.253 e. The average molecular weight is 465 g/mol. The van der Waals surface area contributed by atoms with Crippen LogP contribution in [0.4, 0.5) is 5.13 Å². The molecule has 30 heavy (non-hydrogen) atoms. The van der Waals surface area contributed by atoms with E-state index >= 15 is 0 Å². The molecule has 3 atom stereocenters. The lowest BCUT2D eigenvalue weighted by atomic mass is 9.90. The largest absolute Gasteiger partial charge is 0.375 e. The molecular weight excluding hydrogens is 439 g/mol. The Morgan fingerprint density at radius 1 is 1.13 bits per heavy atom. The summed E-state index contributed by atoms with van der Waals surface area (Å²) in [4.78, 5) is 22.1. The van der Waals surface area contributed by atoms with Gasteiger partial charge >= 0.3 is 0 Å². The van der Waals surface area contributed by atoms with Crippen LogP contribution in [0.3, 0.4) is 0 Å². The number of carbonyl (C=O) groups is 1. The van der Waals surface area contributed by atoms with Crippen LogP contribution in [0.2, 0.25) is 0 Å². The molecule has 0 radical (unpaired) electrons. The van der Waals surface area contributed by atoms with Crippen LogP contribution in [0, 0.1) is 18.8 Å². The number of aromatic nitrogens is 1. The zero-order valence-corrected chi connectivity index (χ0v) is 19.4. The van der Waals surface area contributed by atoms with Crippen LogP contribution in [0.15, 0.2) is 42.5 Å². The van der Waals surface area contributed by atoms with Crippen molar-refractivity contribution in [1.29, 1.82) is 0 Å². The molecule has 0 spiro atoms. The Labute approximate surface area is 193 Å². The summed E-state index contributed by atoms with van der Waals surface area (Å²) in [6, 6.07) is 15.0. The Balaban J connectivity index is 0.00000128. The first-order valence-corrected chi connectivity index (χ1v) is 10.5. The summed E-state index contributed by atoms with van der Waals surface area (Å²) in [6.45, 7) is 4.68. The third-order valence-corrected chi connectivity index (χ3v) is 7.10. The third-order valence-electron chi connectivity index (χ3n) is 6.27. The molecule has 2 fully saturated rings. The highest BCUT2D eigenvalue weighted by Crippen LogP contribution is 2.44. The van der Waals surface area contributed by atoms with E-state index in [0.717, 1.165) is 41.0 Å². The molecule has 1 aromatic heterocycles. The van der Waals surface area contributed by atoms with E-state index in [-0.39, 0.29) is 30.7 Å². The van der Waals surface area contributed by atoms with E-state index < -0.39 is 0 Å². The number of halogens is 2. The lowest BCUT2D eigenvalue weighted by Gasteiger charge is -2.27. The van der Waals surface area contributed by atoms with Gasteiger partial charge in [-0.05, 0) is 43.1 Å². The summed E-state index contributed by atoms with van der Waals surface area (Å²) in [6.07, 6.45) is 0. The van der Waals surface area contributed by atoms with Crippen molar-refractivity contribution < 1.29 is 4.79 Å². The number of benzene rings is 2. The van der Waals surface area contributed by atoms with Crippen LogP contribution in [0.1, 0.15) is 27.5 Å². The van der Waals surface area contributed by atoms with Crippen molar-refractivity contribution >= 4 is 57.4 Å². The van der Waals surface area contributed by atoms with Crippen molar-refractivity contribution in [3.8, 4) is 0 Å². The number of amides is 1. The van der Waals surface area contributed by atoms with E-state index in [1.54, 1.807) is 0 Å². The van der Waals surface area contributed by atoms with E-state index in [0.29, 0.717) is 23.0 Å². The summed E-state index contributed by atoms with van der Waals surface area (Å²) >= 11 is 1.44. The van der Waals surface area contributed by atoms with E-state index in [2.05, 4.69) is 47.3 Å². The highest BCUT2D eigenvalue weighted by atomic mass is 35.5. The molecule has 3 heterocycles. The number of aryl methyl sites for hydroxylation is 1. The topological polar surface area (TPSA) is 62.5 Å². The Morgan fingerprint density at radius 2 is 1.87 bits per heavy atom. The van der Waals surface area contributed by atoms with Gasteiger partial charge in [-0.1, -0.05) is 41.7 Å². The number of nitrogens with zero attached hydrogens (tertiary/aromatic N) is 3. The van der Waals surface area contributed by atoms with Gasteiger partial charge in [0.2, 0.25) is 0 Å². The second kappa shape index (κ2) is 8.71. The normalized spacial score (nSPS) is 23.1. The second-order valence-corrected chi connectivity index (χ2v) is 9.18. The molecule has 2 aromatic carbocycles. The fraction of sp³-hybridized carbons (Fsp3) is 0.364. The zero-order valence-electron chi connectivity index (χ0n) is 16.9. The monoisotopic (exact) mass is 464 g/mol. The van der Waals surface area contributed by atoms with E-state index in [9.17, 15) is 4.79 Å². The van der Waals surface area contributed by atoms with Crippen molar-refractivity contribution in [2.24, 2.45) is 11.8 Å². The molecule has 5 rings (SSSR count). The van der Waals surface area contributed by atoms with Gasteiger partial charge in [0.15, 0.2) is 5.13 Å². The number of fused-ring (bicyclic) bond motifs is 2. The molecule has 0 bridgehead atoms. The Morgan fingerprint density at radius 3 is 2.60 bits per heavy atom. The number of hydrogen-bond donors (Lipinski definition) is 1. The zero-order chi connectivity index (χ0) is 19.4. The van der Waals surface area contributed by atoms with Gasteiger partial charge in [-0.2, -0.15) is 0 Å². The summed E-state index contributed by atoms with van der Waals surface area (Å²) in [5.41, 5.74) is 9.88. The number of nitrogens with two attached hydrogens (primary N) is 1. The van der Waals surface area contributed by atoms with Crippen LogP contribution < -0.4 is 5.73 Å². The molecule has 8 heteroatoms. The third kappa shape index (κ3) is 3.78. The summed E-state index contributed by atoms with van der Waals surface area (Å²) < 4.78 is 0.988. The molecule has 5 nitrogen and oxygen atoms in total. The maximum absolute atomic E-state index is 13.3. The number of carbonyl (C=O) groups excluding carboxylic acids is 1. The minimum absolute atomic E-state index is 0. The lowest BCUT2D eigenvalue weighted by molar-refractivity contribution is 0.0768. The number of thiazole rings is 1. The standard InChI is InChI=1S/C22H24N4OS.2ClH/c1-13-8-15(9-18-19(13)24-22(23)28-18)21(27)26-11-16-10-25(2)20(17(16)12-26)14-6-4-3-5-7-14;;/h3-9,16-17,20H,10-12H2,1-2H3,(H2,23,24);2*1H/t16-,17+,20-;;/m0../s1. The van der Waals surface area contributed by atoms with Gasteiger partial charge < -0.3 is 10.6 Å². The second-order valence-electron chi connectivity index (χ2n) is 8.12. The first-order chi connectivity index (χ1) is 13.5. The molecular formula is C22H26Cl2N4OS. The van der Waals surface area contributed by atoms with Crippen molar-refractivity contribution in [2.75, 3.05) is 32.4 Å². The highest BCUT2D eigenvalue weighted by molar-refractivity contribution is 7.22. The first kappa shape index (κ1) is 22.8. The van der Waals surface area contributed by atoms with Crippen molar-refractivity contribution in [3.05, 3.63) is 59.2 Å². The van der Waals surface area contributed by atoms with Crippen LogP contribution >= 0.6 is 36.2 Å². The maximum atomic E-state index is 13.3. The van der Waals surface area contributed by atoms with Crippen LogP contribution in [0.5, 0.6) is 0 Å². The molecule has 0 unspecified atom stereocenters. The number of rotatable bonds is 2.